The first-order valence-electron chi connectivity index (χ1n) is 11.5. The zero-order valence-corrected chi connectivity index (χ0v) is 19.8. The van der Waals surface area contributed by atoms with Gasteiger partial charge in [-0.05, 0) is 87.5 Å². The fourth-order valence-electron chi connectivity index (χ4n) is 6.05. The van der Waals surface area contributed by atoms with Crippen LogP contribution in [0.25, 0.3) is 0 Å². The van der Waals surface area contributed by atoms with Gasteiger partial charge in [0, 0.05) is 12.0 Å². The molecule has 2 aliphatic carbocycles. The molecule has 5 nitrogen and oxygen atoms in total. The lowest BCUT2D eigenvalue weighted by Gasteiger charge is -2.55. The van der Waals surface area contributed by atoms with Gasteiger partial charge in [0.1, 0.15) is 11.4 Å². The van der Waals surface area contributed by atoms with E-state index in [1.165, 1.54) is 0 Å². The fraction of sp³-hybridized carbons (Fsp3) is 0.654. The summed E-state index contributed by atoms with van der Waals surface area (Å²) in [4.78, 5) is 12.4. The van der Waals surface area contributed by atoms with Crippen molar-refractivity contribution in [3.05, 3.63) is 42.0 Å². The van der Waals surface area contributed by atoms with Crippen molar-refractivity contribution in [3.63, 3.8) is 0 Å². The van der Waals surface area contributed by atoms with Crippen LogP contribution in [0.2, 0.25) is 0 Å². The number of alkyl carbamates (subject to hydrolysis) is 1. The van der Waals surface area contributed by atoms with E-state index in [9.17, 15) is 9.90 Å². The van der Waals surface area contributed by atoms with Gasteiger partial charge in [0.2, 0.25) is 0 Å². The molecule has 172 valence electrons. The lowest BCUT2D eigenvalue weighted by atomic mass is 9.51. The number of allylic oxidation sites excluding steroid dienone is 1. The van der Waals surface area contributed by atoms with Crippen LogP contribution in [0.5, 0.6) is 5.75 Å². The first-order chi connectivity index (χ1) is 14.5. The molecule has 2 N–H and O–H groups in total. The number of carbonyl (C=O) groups is 1. The summed E-state index contributed by atoms with van der Waals surface area (Å²) in [5.74, 6) is 1.07. The standard InChI is InChI=1S/C26H39NO4/c1-7-13-26-15-8-14-25(5,17-27-23(29)31-24(2,3)4)21(26)12-9-18-16-19(30-6)10-11-20(18)22(26)28/h7,10-11,16,21-22,28H,1,8-9,12-15,17H2,2-6H3,(H,27,29)/t21-,22?,25+,26+/m1/s1. The van der Waals surface area contributed by atoms with E-state index in [4.69, 9.17) is 9.47 Å². The maximum absolute atomic E-state index is 12.4. The second-order valence-corrected chi connectivity index (χ2v) is 10.6. The molecule has 1 unspecified atom stereocenters. The van der Waals surface area contributed by atoms with E-state index in [-0.39, 0.29) is 22.8 Å². The Labute approximate surface area is 187 Å². The van der Waals surface area contributed by atoms with Gasteiger partial charge < -0.3 is 19.9 Å². The van der Waals surface area contributed by atoms with E-state index in [0.717, 1.165) is 55.4 Å². The highest BCUT2D eigenvalue weighted by molar-refractivity contribution is 5.67. The van der Waals surface area contributed by atoms with Crippen LogP contribution in [0.4, 0.5) is 4.79 Å². The number of ether oxygens (including phenoxy) is 2. The second kappa shape index (κ2) is 8.85. The summed E-state index contributed by atoms with van der Waals surface area (Å²) in [6.45, 7) is 12.4. The van der Waals surface area contributed by atoms with Gasteiger partial charge >= 0.3 is 6.09 Å². The molecule has 0 aliphatic heterocycles. The molecule has 0 bridgehead atoms. The first-order valence-corrected chi connectivity index (χ1v) is 11.5. The lowest BCUT2D eigenvalue weighted by molar-refractivity contribution is -0.102. The quantitative estimate of drug-likeness (QED) is 0.601. The topological polar surface area (TPSA) is 67.8 Å². The van der Waals surface area contributed by atoms with E-state index in [2.05, 4.69) is 24.9 Å². The van der Waals surface area contributed by atoms with Crippen LogP contribution in [-0.2, 0) is 11.2 Å². The van der Waals surface area contributed by atoms with Gasteiger partial charge in [0.25, 0.3) is 0 Å². The second-order valence-electron chi connectivity index (χ2n) is 10.6. The number of methoxy groups -OCH3 is 1. The smallest absolute Gasteiger partial charge is 0.407 e. The molecule has 1 aromatic carbocycles. The normalized spacial score (nSPS) is 30.4. The number of fused-ring (bicyclic) bond motifs is 2. The average Bonchev–Trinajstić information content (AvgIpc) is 2.81. The Balaban J connectivity index is 1.93. The minimum absolute atomic E-state index is 0.134. The molecule has 0 spiro atoms. The molecule has 3 rings (SSSR count). The summed E-state index contributed by atoms with van der Waals surface area (Å²) >= 11 is 0. The molecule has 2 aliphatic rings. The van der Waals surface area contributed by atoms with E-state index >= 15 is 0 Å². The molecule has 1 saturated carbocycles. The highest BCUT2D eigenvalue weighted by Crippen LogP contribution is 2.61. The third kappa shape index (κ3) is 4.77. The first kappa shape index (κ1) is 23.6. The molecule has 0 radical (unpaired) electrons. The Hall–Kier alpha value is -2.01. The van der Waals surface area contributed by atoms with Crippen molar-refractivity contribution in [2.45, 2.75) is 77.9 Å². The monoisotopic (exact) mass is 429 g/mol. The predicted molar refractivity (Wildman–Crippen MR) is 123 cm³/mol. The number of benzene rings is 1. The molecule has 0 aromatic heterocycles. The van der Waals surface area contributed by atoms with E-state index < -0.39 is 11.7 Å². The number of aliphatic hydroxyl groups is 1. The number of amides is 1. The molecule has 1 amide bonds. The number of hydrogen-bond donors (Lipinski definition) is 2. The summed E-state index contributed by atoms with van der Waals surface area (Å²) in [6, 6.07) is 6.03. The third-order valence-electron chi connectivity index (χ3n) is 7.38. The molecule has 4 atom stereocenters. The van der Waals surface area contributed by atoms with Crippen LogP contribution >= 0.6 is 0 Å². The summed E-state index contributed by atoms with van der Waals surface area (Å²) in [5.41, 5.74) is 1.22. The maximum atomic E-state index is 12.4. The van der Waals surface area contributed by atoms with Crippen LogP contribution in [0.3, 0.4) is 0 Å². The van der Waals surface area contributed by atoms with Gasteiger partial charge in [-0.25, -0.2) is 4.79 Å². The predicted octanol–water partition coefficient (Wildman–Crippen LogP) is 5.57. The van der Waals surface area contributed by atoms with Gasteiger partial charge in [0.05, 0.1) is 13.2 Å². The van der Waals surface area contributed by atoms with Crippen molar-refractivity contribution in [1.29, 1.82) is 0 Å². The van der Waals surface area contributed by atoms with Crippen LogP contribution in [0.15, 0.2) is 30.9 Å². The third-order valence-corrected chi connectivity index (χ3v) is 7.38. The van der Waals surface area contributed by atoms with Crippen molar-refractivity contribution in [1.82, 2.24) is 5.32 Å². The molecule has 5 heteroatoms. The summed E-state index contributed by atoms with van der Waals surface area (Å²) in [7, 11) is 1.67. The largest absolute Gasteiger partial charge is 0.497 e. The minimum atomic E-state index is -0.569. The van der Waals surface area contributed by atoms with Gasteiger partial charge in [-0.1, -0.05) is 25.5 Å². The molecule has 0 saturated heterocycles. The maximum Gasteiger partial charge on any atom is 0.407 e. The SMILES string of the molecule is C=CC[C@]12CCC[C@@](C)(CNC(=O)OC(C)(C)C)[C@H]1CCc1cc(OC)ccc1C2O. The molecule has 1 fully saturated rings. The lowest BCUT2D eigenvalue weighted by Crippen LogP contribution is -2.52. The van der Waals surface area contributed by atoms with Crippen molar-refractivity contribution in [2.75, 3.05) is 13.7 Å². The average molecular weight is 430 g/mol. The number of hydrogen-bond acceptors (Lipinski definition) is 4. The Kier molecular flexibility index (Phi) is 6.75. The van der Waals surface area contributed by atoms with Gasteiger partial charge in [-0.15, -0.1) is 6.58 Å². The van der Waals surface area contributed by atoms with Crippen LogP contribution in [0, 0.1) is 16.7 Å². The van der Waals surface area contributed by atoms with Crippen LogP contribution in [0.1, 0.15) is 77.0 Å². The van der Waals surface area contributed by atoms with Crippen molar-refractivity contribution in [2.24, 2.45) is 16.7 Å². The number of nitrogens with one attached hydrogen (secondary N) is 1. The fourth-order valence-corrected chi connectivity index (χ4v) is 6.05. The Morgan fingerprint density at radius 3 is 2.74 bits per heavy atom. The number of rotatable bonds is 5. The highest BCUT2D eigenvalue weighted by Gasteiger charge is 2.55. The Bertz CT molecular complexity index is 814. The number of aryl methyl sites for hydroxylation is 1. The van der Waals surface area contributed by atoms with Crippen LogP contribution in [-0.4, -0.2) is 30.5 Å². The molecule has 0 heterocycles. The van der Waals surface area contributed by atoms with Gasteiger partial charge in [-0.3, -0.25) is 0 Å². The minimum Gasteiger partial charge on any atom is -0.497 e. The molecular formula is C26H39NO4. The van der Waals surface area contributed by atoms with E-state index in [1.54, 1.807) is 7.11 Å². The van der Waals surface area contributed by atoms with E-state index in [0.29, 0.717) is 6.54 Å². The summed E-state index contributed by atoms with van der Waals surface area (Å²) < 4.78 is 10.9. The molecule has 31 heavy (non-hydrogen) atoms. The number of aliphatic hydroxyl groups excluding tert-OH is 1. The van der Waals surface area contributed by atoms with Crippen molar-refractivity contribution >= 4 is 6.09 Å². The van der Waals surface area contributed by atoms with E-state index in [1.807, 2.05) is 39.0 Å². The molecule has 1 aromatic rings. The number of carbonyl (C=O) groups excluding carboxylic acids is 1. The summed E-state index contributed by atoms with van der Waals surface area (Å²) in [6.07, 6.45) is 6.59. The van der Waals surface area contributed by atoms with Crippen LogP contribution < -0.4 is 10.1 Å². The Morgan fingerprint density at radius 1 is 1.35 bits per heavy atom. The van der Waals surface area contributed by atoms with Gasteiger partial charge in [-0.2, -0.15) is 0 Å². The van der Waals surface area contributed by atoms with Gasteiger partial charge in [0.15, 0.2) is 0 Å². The van der Waals surface area contributed by atoms with Crippen molar-refractivity contribution in [3.8, 4) is 5.75 Å². The Morgan fingerprint density at radius 2 is 2.10 bits per heavy atom. The zero-order valence-electron chi connectivity index (χ0n) is 19.8. The summed E-state index contributed by atoms with van der Waals surface area (Å²) in [5, 5.41) is 14.8. The van der Waals surface area contributed by atoms with Crippen molar-refractivity contribution < 1.29 is 19.4 Å². The molecular weight excluding hydrogens is 390 g/mol. The zero-order chi connectivity index (χ0) is 22.9. The highest BCUT2D eigenvalue weighted by atomic mass is 16.6.